The summed E-state index contributed by atoms with van der Waals surface area (Å²) in [7, 11) is 1.67. The summed E-state index contributed by atoms with van der Waals surface area (Å²) in [6.45, 7) is 2.80. The number of hydrogen-bond donors (Lipinski definition) is 0. The zero-order valence-corrected chi connectivity index (χ0v) is 5.94. The summed E-state index contributed by atoms with van der Waals surface area (Å²) in [6, 6.07) is 0. The molecule has 0 unspecified atom stereocenters. The molecule has 52 valence electrons. The van der Waals surface area contributed by atoms with Crippen LogP contribution in [-0.4, -0.2) is 19.5 Å². The van der Waals surface area contributed by atoms with Gasteiger partial charge in [0.2, 0.25) is 0 Å². The van der Waals surface area contributed by atoms with Crippen LogP contribution in [0, 0.1) is 5.41 Å². The molecule has 1 rings (SSSR count). The topological polar surface area (TPSA) is 26.3 Å². The molecule has 2 heteroatoms. The highest BCUT2D eigenvalue weighted by molar-refractivity contribution is 5.85. The average molecular weight is 128 g/mol. The standard InChI is InChI=1S/C7H12O2/c1-7(5-9-2)3-6(8)4-7/h3-5H2,1-2H3. The van der Waals surface area contributed by atoms with Gasteiger partial charge in [0.15, 0.2) is 0 Å². The Balaban J connectivity index is 2.31. The Morgan fingerprint density at radius 2 is 2.22 bits per heavy atom. The first-order valence-corrected chi connectivity index (χ1v) is 3.17. The molecule has 0 spiro atoms. The first kappa shape index (κ1) is 6.75. The molecule has 0 aromatic rings. The van der Waals surface area contributed by atoms with E-state index in [9.17, 15) is 4.79 Å². The van der Waals surface area contributed by atoms with Gasteiger partial charge in [0.25, 0.3) is 0 Å². The molecule has 0 heterocycles. The smallest absolute Gasteiger partial charge is 0.134 e. The number of ether oxygens (including phenoxy) is 1. The molecule has 0 radical (unpaired) electrons. The van der Waals surface area contributed by atoms with E-state index in [2.05, 4.69) is 6.92 Å². The van der Waals surface area contributed by atoms with Crippen molar-refractivity contribution >= 4 is 5.78 Å². The normalized spacial score (nSPS) is 23.6. The second kappa shape index (κ2) is 2.10. The number of ketones is 1. The lowest BCUT2D eigenvalue weighted by atomic mass is 9.70. The van der Waals surface area contributed by atoms with Gasteiger partial charge in [0.05, 0.1) is 6.61 Å². The van der Waals surface area contributed by atoms with Gasteiger partial charge < -0.3 is 4.74 Å². The summed E-state index contributed by atoms with van der Waals surface area (Å²) < 4.78 is 4.94. The van der Waals surface area contributed by atoms with Crippen molar-refractivity contribution in [2.24, 2.45) is 5.41 Å². The molecule has 0 aromatic carbocycles. The van der Waals surface area contributed by atoms with Crippen molar-refractivity contribution in [3.05, 3.63) is 0 Å². The molecule has 0 N–H and O–H groups in total. The third kappa shape index (κ3) is 1.30. The Morgan fingerprint density at radius 3 is 2.56 bits per heavy atom. The van der Waals surface area contributed by atoms with Gasteiger partial charge in [-0.05, 0) is 0 Å². The van der Waals surface area contributed by atoms with Crippen LogP contribution in [-0.2, 0) is 9.53 Å². The number of rotatable bonds is 2. The average Bonchev–Trinajstić information content (AvgIpc) is 1.62. The molecule has 1 aliphatic carbocycles. The van der Waals surface area contributed by atoms with Crippen molar-refractivity contribution in [2.75, 3.05) is 13.7 Å². The third-order valence-corrected chi connectivity index (χ3v) is 1.74. The van der Waals surface area contributed by atoms with E-state index in [1.165, 1.54) is 0 Å². The van der Waals surface area contributed by atoms with E-state index in [1.807, 2.05) is 0 Å². The quantitative estimate of drug-likeness (QED) is 0.554. The maximum absolute atomic E-state index is 10.5. The number of carbonyl (C=O) groups is 1. The highest BCUT2D eigenvalue weighted by atomic mass is 16.5. The molecule has 0 aliphatic heterocycles. The van der Waals surface area contributed by atoms with E-state index < -0.39 is 0 Å². The molecular weight excluding hydrogens is 116 g/mol. The number of Topliss-reactive ketones (excluding diaryl/α,β-unsaturated/α-hetero) is 1. The van der Waals surface area contributed by atoms with Crippen LogP contribution in [0.5, 0.6) is 0 Å². The van der Waals surface area contributed by atoms with Crippen LogP contribution in [0.1, 0.15) is 19.8 Å². The van der Waals surface area contributed by atoms with Crippen molar-refractivity contribution in [3.63, 3.8) is 0 Å². The van der Waals surface area contributed by atoms with E-state index in [1.54, 1.807) is 7.11 Å². The molecule has 2 nitrogen and oxygen atoms in total. The van der Waals surface area contributed by atoms with Gasteiger partial charge in [-0.25, -0.2) is 0 Å². The molecule has 1 aliphatic rings. The van der Waals surface area contributed by atoms with E-state index >= 15 is 0 Å². The third-order valence-electron chi connectivity index (χ3n) is 1.74. The summed E-state index contributed by atoms with van der Waals surface area (Å²) in [6.07, 6.45) is 1.42. The lowest BCUT2D eigenvalue weighted by Crippen LogP contribution is -2.38. The second-order valence-corrected chi connectivity index (χ2v) is 3.14. The van der Waals surface area contributed by atoms with E-state index in [0.717, 1.165) is 6.61 Å². The molecule has 0 saturated heterocycles. The molecule has 0 amide bonds. The molecule has 0 atom stereocenters. The summed E-state index contributed by atoms with van der Waals surface area (Å²) in [5, 5.41) is 0. The predicted octanol–water partition coefficient (Wildman–Crippen LogP) is 1.00. The number of hydrogen-bond acceptors (Lipinski definition) is 2. The Kier molecular flexibility index (Phi) is 1.58. The summed E-state index contributed by atoms with van der Waals surface area (Å²) in [5.41, 5.74) is 0.172. The van der Waals surface area contributed by atoms with Crippen LogP contribution in [0.25, 0.3) is 0 Å². The van der Waals surface area contributed by atoms with Crippen LogP contribution in [0.3, 0.4) is 0 Å². The Hall–Kier alpha value is -0.370. The lowest BCUT2D eigenvalue weighted by Gasteiger charge is -2.35. The zero-order chi connectivity index (χ0) is 6.91. The Morgan fingerprint density at radius 1 is 1.67 bits per heavy atom. The first-order valence-electron chi connectivity index (χ1n) is 3.17. The van der Waals surface area contributed by atoms with Crippen LogP contribution < -0.4 is 0 Å². The van der Waals surface area contributed by atoms with Crippen molar-refractivity contribution < 1.29 is 9.53 Å². The van der Waals surface area contributed by atoms with Crippen molar-refractivity contribution in [3.8, 4) is 0 Å². The number of carbonyl (C=O) groups excluding carboxylic acids is 1. The van der Waals surface area contributed by atoms with Crippen LogP contribution in [0.4, 0.5) is 0 Å². The van der Waals surface area contributed by atoms with Gasteiger partial charge >= 0.3 is 0 Å². The molecule has 9 heavy (non-hydrogen) atoms. The van der Waals surface area contributed by atoms with Gasteiger partial charge in [-0.3, -0.25) is 4.79 Å². The molecule has 1 fully saturated rings. The van der Waals surface area contributed by atoms with Gasteiger partial charge in [-0.2, -0.15) is 0 Å². The summed E-state index contributed by atoms with van der Waals surface area (Å²) >= 11 is 0. The van der Waals surface area contributed by atoms with Crippen LogP contribution >= 0.6 is 0 Å². The van der Waals surface area contributed by atoms with Crippen LogP contribution in [0.15, 0.2) is 0 Å². The minimum atomic E-state index is 0.172. The summed E-state index contributed by atoms with van der Waals surface area (Å²) in [5.74, 6) is 0.370. The van der Waals surface area contributed by atoms with Crippen molar-refractivity contribution in [1.82, 2.24) is 0 Å². The second-order valence-electron chi connectivity index (χ2n) is 3.14. The van der Waals surface area contributed by atoms with E-state index in [0.29, 0.717) is 18.6 Å². The lowest BCUT2D eigenvalue weighted by molar-refractivity contribution is -0.134. The Labute approximate surface area is 55.2 Å². The minimum absolute atomic E-state index is 0.172. The van der Waals surface area contributed by atoms with Gasteiger partial charge in [0.1, 0.15) is 5.78 Å². The Bertz CT molecular complexity index is 121. The largest absolute Gasteiger partial charge is 0.384 e. The fraction of sp³-hybridized carbons (Fsp3) is 0.857. The summed E-state index contributed by atoms with van der Waals surface area (Å²) in [4.78, 5) is 10.5. The molecule has 0 aromatic heterocycles. The maximum atomic E-state index is 10.5. The number of methoxy groups -OCH3 is 1. The fourth-order valence-corrected chi connectivity index (χ4v) is 1.35. The highest BCUT2D eigenvalue weighted by Crippen LogP contribution is 2.37. The predicted molar refractivity (Wildman–Crippen MR) is 34.2 cm³/mol. The first-order chi connectivity index (χ1) is 4.16. The minimum Gasteiger partial charge on any atom is -0.384 e. The molecular formula is C7H12O2. The molecule has 0 bridgehead atoms. The zero-order valence-electron chi connectivity index (χ0n) is 5.94. The van der Waals surface area contributed by atoms with Gasteiger partial charge in [-0.1, -0.05) is 6.92 Å². The SMILES string of the molecule is COCC1(C)CC(=O)C1. The monoisotopic (exact) mass is 128 g/mol. The van der Waals surface area contributed by atoms with E-state index in [-0.39, 0.29) is 5.41 Å². The van der Waals surface area contributed by atoms with Gasteiger partial charge in [-0.15, -0.1) is 0 Å². The van der Waals surface area contributed by atoms with Crippen LogP contribution in [0.2, 0.25) is 0 Å². The fourth-order valence-electron chi connectivity index (χ4n) is 1.35. The van der Waals surface area contributed by atoms with Gasteiger partial charge in [0, 0.05) is 25.4 Å². The van der Waals surface area contributed by atoms with Crippen molar-refractivity contribution in [1.29, 1.82) is 0 Å². The van der Waals surface area contributed by atoms with E-state index in [4.69, 9.17) is 4.74 Å². The maximum Gasteiger partial charge on any atom is 0.134 e. The highest BCUT2D eigenvalue weighted by Gasteiger charge is 2.38. The molecule has 1 saturated carbocycles. The van der Waals surface area contributed by atoms with Crippen molar-refractivity contribution in [2.45, 2.75) is 19.8 Å².